The van der Waals surface area contributed by atoms with Crippen molar-refractivity contribution in [2.24, 2.45) is 17.3 Å². The first-order valence-corrected chi connectivity index (χ1v) is 6.34. The summed E-state index contributed by atoms with van der Waals surface area (Å²) in [5.41, 5.74) is 3.74. The Balaban J connectivity index is 1.92. The van der Waals surface area contributed by atoms with Gasteiger partial charge in [0.2, 0.25) is 0 Å². The zero-order chi connectivity index (χ0) is 11.1. The number of rotatable bonds is 3. The van der Waals surface area contributed by atoms with E-state index in [4.69, 9.17) is 0 Å². The molecule has 0 aliphatic heterocycles. The number of allylic oxidation sites excluding steroid dienone is 4. The topological polar surface area (TPSA) is 0 Å². The summed E-state index contributed by atoms with van der Waals surface area (Å²) < 4.78 is 0. The van der Waals surface area contributed by atoms with Crippen LogP contribution in [0.5, 0.6) is 0 Å². The van der Waals surface area contributed by atoms with Crippen molar-refractivity contribution in [1.29, 1.82) is 0 Å². The van der Waals surface area contributed by atoms with Gasteiger partial charge < -0.3 is 0 Å². The third-order valence-corrected chi connectivity index (χ3v) is 4.48. The van der Waals surface area contributed by atoms with E-state index in [1.807, 2.05) is 0 Å². The molecule has 0 aromatic rings. The lowest BCUT2D eigenvalue weighted by molar-refractivity contribution is 0.447. The second-order valence-corrected chi connectivity index (χ2v) is 6.01. The van der Waals surface area contributed by atoms with Crippen LogP contribution in [0.1, 0.15) is 53.4 Å². The Morgan fingerprint density at radius 3 is 2.87 bits per heavy atom. The van der Waals surface area contributed by atoms with Gasteiger partial charge in [-0.15, -0.1) is 0 Å². The largest absolute Gasteiger partial charge is 0.0859 e. The number of hydrogen-bond acceptors (Lipinski definition) is 0. The monoisotopic (exact) mass is 204 g/mol. The summed E-state index contributed by atoms with van der Waals surface area (Å²) in [6, 6.07) is 0. The van der Waals surface area contributed by atoms with E-state index in [2.05, 4.69) is 39.8 Å². The van der Waals surface area contributed by atoms with Crippen LogP contribution in [-0.4, -0.2) is 0 Å². The first-order valence-electron chi connectivity index (χ1n) is 6.34. The molecule has 0 heterocycles. The van der Waals surface area contributed by atoms with Gasteiger partial charge in [-0.25, -0.2) is 0 Å². The van der Waals surface area contributed by atoms with E-state index in [1.54, 1.807) is 5.57 Å². The molecule has 15 heavy (non-hydrogen) atoms. The van der Waals surface area contributed by atoms with Gasteiger partial charge in [0.25, 0.3) is 0 Å². The molecule has 0 heteroatoms. The van der Waals surface area contributed by atoms with Gasteiger partial charge in [0.05, 0.1) is 0 Å². The van der Waals surface area contributed by atoms with Gasteiger partial charge in [0.15, 0.2) is 0 Å². The maximum absolute atomic E-state index is 2.55. The predicted molar refractivity (Wildman–Crippen MR) is 66.7 cm³/mol. The highest BCUT2D eigenvalue weighted by Gasteiger charge is 2.59. The molecule has 1 fully saturated rings. The van der Waals surface area contributed by atoms with Crippen LogP contribution in [0.4, 0.5) is 0 Å². The van der Waals surface area contributed by atoms with Crippen molar-refractivity contribution in [3.63, 3.8) is 0 Å². The number of fused-ring (bicyclic) bond motifs is 1. The molecule has 0 bridgehead atoms. The second kappa shape index (κ2) is 3.81. The maximum atomic E-state index is 2.55. The second-order valence-electron chi connectivity index (χ2n) is 6.01. The molecular formula is C15H24. The number of hydrogen-bond donors (Lipinski definition) is 0. The van der Waals surface area contributed by atoms with E-state index >= 15 is 0 Å². The van der Waals surface area contributed by atoms with Crippen LogP contribution in [0, 0.1) is 17.3 Å². The van der Waals surface area contributed by atoms with Gasteiger partial charge in [-0.3, -0.25) is 0 Å². The lowest BCUT2D eigenvalue weighted by Gasteiger charge is -2.08. The summed E-state index contributed by atoms with van der Waals surface area (Å²) in [7, 11) is 0. The van der Waals surface area contributed by atoms with Gasteiger partial charge in [-0.1, -0.05) is 30.2 Å². The van der Waals surface area contributed by atoms with E-state index < -0.39 is 0 Å². The summed E-state index contributed by atoms with van der Waals surface area (Å²) >= 11 is 0. The summed E-state index contributed by atoms with van der Waals surface area (Å²) in [6.07, 6.45) is 10.4. The third kappa shape index (κ3) is 2.04. The Hall–Kier alpha value is -0.520. The molecule has 0 aromatic heterocycles. The van der Waals surface area contributed by atoms with Gasteiger partial charge >= 0.3 is 0 Å². The van der Waals surface area contributed by atoms with Crippen molar-refractivity contribution in [1.82, 2.24) is 0 Å². The summed E-state index contributed by atoms with van der Waals surface area (Å²) in [4.78, 5) is 0. The minimum absolute atomic E-state index is 0.643. The molecule has 3 atom stereocenters. The van der Waals surface area contributed by atoms with E-state index in [9.17, 15) is 0 Å². The zero-order valence-electron chi connectivity index (χ0n) is 10.6. The Labute approximate surface area is 94.5 Å². The van der Waals surface area contributed by atoms with Crippen LogP contribution in [-0.2, 0) is 0 Å². The van der Waals surface area contributed by atoms with Gasteiger partial charge in [-0.2, -0.15) is 0 Å². The predicted octanol–water partition coefficient (Wildman–Crippen LogP) is 4.73. The van der Waals surface area contributed by atoms with Crippen molar-refractivity contribution >= 4 is 0 Å². The van der Waals surface area contributed by atoms with Gasteiger partial charge in [0.1, 0.15) is 0 Å². The SMILES string of the molecule is CC(C)=CCC[C@]1(C)[C@@H]2C=C(C)CC[C@@H]21. The average molecular weight is 204 g/mol. The zero-order valence-corrected chi connectivity index (χ0v) is 10.6. The Morgan fingerprint density at radius 1 is 1.53 bits per heavy atom. The standard InChI is InChI=1S/C15H24/c1-11(2)6-5-9-15(4)13-8-7-12(3)10-14(13)15/h6,10,13-14H,5,7-9H2,1-4H3/t13-,14+,15-/m0/s1. The molecule has 84 valence electrons. The molecular weight excluding hydrogens is 180 g/mol. The Morgan fingerprint density at radius 2 is 2.27 bits per heavy atom. The highest BCUT2D eigenvalue weighted by Crippen LogP contribution is 2.66. The van der Waals surface area contributed by atoms with Crippen LogP contribution in [0.3, 0.4) is 0 Å². The van der Waals surface area contributed by atoms with Crippen molar-refractivity contribution in [3.05, 3.63) is 23.3 Å². The van der Waals surface area contributed by atoms with Crippen LogP contribution in [0.2, 0.25) is 0 Å². The molecule has 1 saturated carbocycles. The fourth-order valence-electron chi connectivity index (χ4n) is 3.31. The van der Waals surface area contributed by atoms with E-state index in [0.29, 0.717) is 5.41 Å². The average Bonchev–Trinajstić information content (AvgIpc) is 2.71. The first-order chi connectivity index (χ1) is 7.04. The highest BCUT2D eigenvalue weighted by molar-refractivity contribution is 5.23. The molecule has 2 aliphatic rings. The molecule has 0 N–H and O–H groups in total. The quantitative estimate of drug-likeness (QED) is 0.583. The van der Waals surface area contributed by atoms with Gasteiger partial charge in [0, 0.05) is 0 Å². The molecule has 0 spiro atoms. The Bertz CT molecular complexity index is 304. The molecule has 0 amide bonds. The lowest BCUT2D eigenvalue weighted by Crippen LogP contribution is -1.98. The fourth-order valence-corrected chi connectivity index (χ4v) is 3.31. The smallest absolute Gasteiger partial charge is 0.0140 e. The molecule has 0 radical (unpaired) electrons. The molecule has 2 rings (SSSR count). The summed E-state index contributed by atoms with van der Waals surface area (Å²) in [6.45, 7) is 9.19. The molecule has 0 unspecified atom stereocenters. The van der Waals surface area contributed by atoms with Crippen LogP contribution in [0.25, 0.3) is 0 Å². The summed E-state index contributed by atoms with van der Waals surface area (Å²) in [5, 5.41) is 0. The van der Waals surface area contributed by atoms with E-state index in [1.165, 1.54) is 31.3 Å². The van der Waals surface area contributed by atoms with Crippen molar-refractivity contribution < 1.29 is 0 Å². The van der Waals surface area contributed by atoms with Crippen molar-refractivity contribution in [2.45, 2.75) is 53.4 Å². The normalized spacial score (nSPS) is 38.0. The maximum Gasteiger partial charge on any atom is -0.0140 e. The minimum Gasteiger partial charge on any atom is -0.0859 e. The first kappa shape index (κ1) is 11.0. The highest BCUT2D eigenvalue weighted by atomic mass is 14.6. The molecule has 0 nitrogen and oxygen atoms in total. The van der Waals surface area contributed by atoms with Crippen LogP contribution < -0.4 is 0 Å². The van der Waals surface area contributed by atoms with Gasteiger partial charge in [-0.05, 0) is 63.7 Å². The minimum atomic E-state index is 0.643. The van der Waals surface area contributed by atoms with Crippen molar-refractivity contribution in [3.8, 4) is 0 Å². The third-order valence-electron chi connectivity index (χ3n) is 4.48. The summed E-state index contributed by atoms with van der Waals surface area (Å²) in [5.74, 6) is 1.92. The van der Waals surface area contributed by atoms with E-state index in [0.717, 1.165) is 11.8 Å². The van der Waals surface area contributed by atoms with Crippen LogP contribution >= 0.6 is 0 Å². The molecule has 0 aromatic carbocycles. The lowest BCUT2D eigenvalue weighted by atomic mass is 9.96. The Kier molecular flexibility index (Phi) is 2.79. The van der Waals surface area contributed by atoms with Crippen LogP contribution in [0.15, 0.2) is 23.3 Å². The molecule has 2 aliphatic carbocycles. The molecule has 0 saturated heterocycles. The van der Waals surface area contributed by atoms with Crippen molar-refractivity contribution in [2.75, 3.05) is 0 Å². The van der Waals surface area contributed by atoms with E-state index in [-0.39, 0.29) is 0 Å². The fraction of sp³-hybridized carbons (Fsp3) is 0.733.